The van der Waals surface area contributed by atoms with Crippen molar-refractivity contribution in [1.29, 1.82) is 0 Å². The molecule has 4 aromatic rings. The van der Waals surface area contributed by atoms with E-state index in [1.165, 1.54) is 58.8 Å². The third kappa shape index (κ3) is 6.97. The Bertz CT molecular complexity index is 2080. The van der Waals surface area contributed by atoms with Crippen LogP contribution < -0.4 is 18.9 Å². The van der Waals surface area contributed by atoms with Crippen LogP contribution in [0.4, 0.5) is 0 Å². The normalized spacial score (nSPS) is 22.1. The molecular weight excluding hydrogens is 704 g/mol. The minimum absolute atomic E-state index is 0.00505. The van der Waals surface area contributed by atoms with Crippen LogP contribution in [0.2, 0.25) is 0 Å². The number of esters is 2. The number of carbonyl (C=O) groups is 2. The van der Waals surface area contributed by atoms with Crippen molar-refractivity contribution in [2.24, 2.45) is 11.8 Å². The molecule has 286 valence electrons. The van der Waals surface area contributed by atoms with E-state index in [-0.39, 0.29) is 96.0 Å². The molecule has 0 amide bonds. The minimum Gasteiger partial charge on any atom is -0.504 e. The Kier molecular flexibility index (Phi) is 10.4. The molecule has 0 bridgehead atoms. The van der Waals surface area contributed by atoms with E-state index >= 15 is 0 Å². The lowest BCUT2D eigenvalue weighted by molar-refractivity contribution is -0.154. The Morgan fingerprint density at radius 3 is 1.44 bits per heavy atom. The van der Waals surface area contributed by atoms with Gasteiger partial charge >= 0.3 is 11.9 Å². The molecule has 0 aliphatic carbocycles. The van der Waals surface area contributed by atoms with Gasteiger partial charge < -0.3 is 59.1 Å². The SMILES string of the molecule is COc1cc(C[C@@H]2COC(=O)[C@@]2(O)Cc2cc(OC)c(O)c(-c3cc(C[C@@H]4COC(=O)[C@@]4(O)Cc4ccc(O)c(OC)c4)cc(OC)c3O)c2)ccc1O. The summed E-state index contributed by atoms with van der Waals surface area (Å²) in [5, 5.41) is 66.4. The third-order valence-corrected chi connectivity index (χ3v) is 10.3. The van der Waals surface area contributed by atoms with Crippen LogP contribution in [0.5, 0.6) is 46.0 Å². The Morgan fingerprint density at radius 1 is 0.556 bits per heavy atom. The molecule has 2 saturated heterocycles. The van der Waals surface area contributed by atoms with Gasteiger partial charge in [-0.1, -0.05) is 12.1 Å². The fraction of sp³-hybridized carbons (Fsp3) is 0.350. The van der Waals surface area contributed by atoms with E-state index < -0.39 is 35.0 Å². The zero-order valence-corrected chi connectivity index (χ0v) is 30.1. The average molecular weight is 747 g/mol. The molecule has 0 radical (unpaired) electrons. The van der Waals surface area contributed by atoms with E-state index in [0.717, 1.165) is 0 Å². The second-order valence-corrected chi connectivity index (χ2v) is 13.6. The Hall–Kier alpha value is -5.86. The molecule has 6 rings (SSSR count). The Balaban J connectivity index is 1.33. The number of phenolic OH excluding ortho intramolecular Hbond substituents is 4. The van der Waals surface area contributed by atoms with Crippen molar-refractivity contribution in [3.63, 3.8) is 0 Å². The van der Waals surface area contributed by atoms with Crippen molar-refractivity contribution in [3.8, 4) is 57.1 Å². The highest BCUT2D eigenvalue weighted by atomic mass is 16.6. The van der Waals surface area contributed by atoms with Crippen LogP contribution in [-0.4, -0.2) is 95.4 Å². The molecule has 6 N–H and O–H groups in total. The van der Waals surface area contributed by atoms with E-state index in [1.807, 2.05) is 0 Å². The summed E-state index contributed by atoms with van der Waals surface area (Å²) in [6, 6.07) is 15.3. The van der Waals surface area contributed by atoms with Gasteiger partial charge in [-0.25, -0.2) is 9.59 Å². The van der Waals surface area contributed by atoms with Crippen LogP contribution in [0.3, 0.4) is 0 Å². The standard InChI is InChI=1S/C40H42O14/c1-49-31-13-21(5-7-29(31)41)9-25-19-53-38(46)40(25,48)18-24-12-28(36(44)34(16-24)52-4)27-11-23(15-33(51-3)35(27)43)10-26-20-54-37(45)39(26,47)17-22-6-8-30(42)32(14-22)50-2/h5-8,11-16,25-26,41-44,47-48H,9-10,17-20H2,1-4H3/t25-,26-,39-,40-/m1/s1. The number of hydrogen-bond acceptors (Lipinski definition) is 14. The lowest BCUT2D eigenvalue weighted by Crippen LogP contribution is -2.44. The molecule has 2 fully saturated rings. The molecule has 54 heavy (non-hydrogen) atoms. The van der Waals surface area contributed by atoms with Gasteiger partial charge in [0.2, 0.25) is 0 Å². The Labute approximate surface area is 310 Å². The average Bonchev–Trinajstić information content (AvgIpc) is 3.58. The van der Waals surface area contributed by atoms with Crippen molar-refractivity contribution in [1.82, 2.24) is 0 Å². The van der Waals surface area contributed by atoms with Gasteiger partial charge in [0.05, 0.1) is 41.7 Å². The highest BCUT2D eigenvalue weighted by Crippen LogP contribution is 2.47. The molecule has 2 aliphatic rings. The van der Waals surface area contributed by atoms with E-state index in [9.17, 15) is 40.2 Å². The third-order valence-electron chi connectivity index (χ3n) is 10.3. The molecule has 4 atom stereocenters. The summed E-state index contributed by atoms with van der Waals surface area (Å²) in [7, 11) is 5.48. The maximum absolute atomic E-state index is 13.1. The molecule has 14 heteroatoms. The molecule has 14 nitrogen and oxygen atoms in total. The minimum atomic E-state index is -1.99. The first kappa shape index (κ1) is 37.9. The number of benzene rings is 4. The van der Waals surface area contributed by atoms with E-state index in [4.69, 9.17) is 28.4 Å². The fourth-order valence-electron chi connectivity index (χ4n) is 7.24. The van der Waals surface area contributed by atoms with E-state index in [0.29, 0.717) is 22.3 Å². The number of cyclic esters (lactones) is 2. The molecule has 2 aliphatic heterocycles. The first-order valence-corrected chi connectivity index (χ1v) is 17.1. The summed E-state index contributed by atoms with van der Waals surface area (Å²) >= 11 is 0. The first-order chi connectivity index (χ1) is 25.7. The van der Waals surface area contributed by atoms with Gasteiger partial charge in [-0.2, -0.15) is 0 Å². The summed E-state index contributed by atoms with van der Waals surface area (Å²) < 4.78 is 32.0. The molecule has 0 aromatic heterocycles. The zero-order valence-electron chi connectivity index (χ0n) is 30.1. The number of phenols is 4. The highest BCUT2D eigenvalue weighted by molar-refractivity contribution is 5.85. The predicted molar refractivity (Wildman–Crippen MR) is 191 cm³/mol. The smallest absolute Gasteiger partial charge is 0.338 e. The monoisotopic (exact) mass is 746 g/mol. The number of hydrogen-bond donors (Lipinski definition) is 6. The quantitative estimate of drug-likeness (QED) is 0.108. The van der Waals surface area contributed by atoms with Crippen LogP contribution in [0.25, 0.3) is 11.1 Å². The lowest BCUT2D eigenvalue weighted by atomic mass is 9.79. The van der Waals surface area contributed by atoms with Crippen molar-refractivity contribution < 1.29 is 68.6 Å². The van der Waals surface area contributed by atoms with Crippen LogP contribution in [0.15, 0.2) is 60.7 Å². The predicted octanol–water partition coefficient (Wildman–Crippen LogP) is 3.59. The topological polar surface area (TPSA) is 211 Å². The lowest BCUT2D eigenvalue weighted by Gasteiger charge is -2.27. The molecule has 0 unspecified atom stereocenters. The summed E-state index contributed by atoms with van der Waals surface area (Å²) in [5.41, 5.74) is -1.67. The maximum atomic E-state index is 13.1. The second-order valence-electron chi connectivity index (χ2n) is 13.6. The largest absolute Gasteiger partial charge is 0.504 e. The fourth-order valence-corrected chi connectivity index (χ4v) is 7.24. The summed E-state index contributed by atoms with van der Waals surface area (Å²) in [5.74, 6) is -3.49. The van der Waals surface area contributed by atoms with Crippen LogP contribution in [-0.2, 0) is 44.7 Å². The maximum Gasteiger partial charge on any atom is 0.338 e. The second kappa shape index (κ2) is 14.9. The van der Waals surface area contributed by atoms with E-state index in [2.05, 4.69) is 0 Å². The first-order valence-electron chi connectivity index (χ1n) is 17.1. The highest BCUT2D eigenvalue weighted by Gasteiger charge is 2.52. The number of aliphatic hydroxyl groups is 2. The number of rotatable bonds is 13. The van der Waals surface area contributed by atoms with Gasteiger partial charge in [0.15, 0.2) is 57.2 Å². The van der Waals surface area contributed by atoms with Crippen molar-refractivity contribution in [3.05, 3.63) is 82.9 Å². The molecular formula is C40H42O14. The van der Waals surface area contributed by atoms with Crippen molar-refractivity contribution >= 4 is 11.9 Å². The van der Waals surface area contributed by atoms with E-state index in [1.54, 1.807) is 30.3 Å². The molecule has 4 aromatic carbocycles. The number of ether oxygens (including phenoxy) is 6. The van der Waals surface area contributed by atoms with Crippen molar-refractivity contribution in [2.45, 2.75) is 36.9 Å². The van der Waals surface area contributed by atoms with Crippen LogP contribution in [0.1, 0.15) is 22.3 Å². The number of methoxy groups -OCH3 is 4. The summed E-state index contributed by atoms with van der Waals surface area (Å²) in [6.45, 7) is -0.176. The van der Waals surface area contributed by atoms with Crippen LogP contribution in [0, 0.1) is 11.8 Å². The Morgan fingerprint density at radius 2 is 0.944 bits per heavy atom. The van der Waals surface area contributed by atoms with Crippen LogP contribution >= 0.6 is 0 Å². The van der Waals surface area contributed by atoms with Gasteiger partial charge in [0.25, 0.3) is 0 Å². The number of carbonyl (C=O) groups excluding carboxylic acids is 2. The molecule has 0 spiro atoms. The number of aromatic hydroxyl groups is 4. The van der Waals surface area contributed by atoms with Gasteiger partial charge in [-0.05, 0) is 83.6 Å². The summed E-state index contributed by atoms with van der Waals surface area (Å²) in [4.78, 5) is 26.1. The van der Waals surface area contributed by atoms with Gasteiger partial charge in [0.1, 0.15) is 0 Å². The zero-order chi connectivity index (χ0) is 38.9. The van der Waals surface area contributed by atoms with Gasteiger partial charge in [-0.15, -0.1) is 0 Å². The van der Waals surface area contributed by atoms with Gasteiger partial charge in [0, 0.05) is 35.8 Å². The molecule has 2 heterocycles. The molecule has 0 saturated carbocycles. The van der Waals surface area contributed by atoms with Gasteiger partial charge in [-0.3, -0.25) is 0 Å². The van der Waals surface area contributed by atoms with Crippen molar-refractivity contribution in [2.75, 3.05) is 41.7 Å². The summed E-state index contributed by atoms with van der Waals surface area (Å²) in [6.07, 6.45) is -0.0968.